The predicted octanol–water partition coefficient (Wildman–Crippen LogP) is 2.70. The Morgan fingerprint density at radius 3 is 2.57 bits per heavy atom. The van der Waals surface area contributed by atoms with Crippen molar-refractivity contribution in [2.75, 3.05) is 0 Å². The number of phenolic OH excluding ortho intramolecular Hbond substituents is 1. The molecule has 5 heteroatoms. The minimum Gasteiger partial charge on any atom is -0.506 e. The molecule has 0 aliphatic carbocycles. The van der Waals surface area contributed by atoms with E-state index in [1.165, 1.54) is 6.08 Å². The number of halogens is 2. The first-order valence-electron chi connectivity index (χ1n) is 3.60. The minimum atomic E-state index is -1.00. The average Bonchev–Trinajstić information content (AvgIpc) is 2.13. The molecule has 0 fully saturated rings. The van der Waals surface area contributed by atoms with Crippen molar-refractivity contribution in [2.45, 2.75) is 0 Å². The van der Waals surface area contributed by atoms with Crippen LogP contribution in [0.2, 0.25) is 0 Å². The zero-order valence-corrected chi connectivity index (χ0v) is 11.2. The first kappa shape index (κ1) is 11.8. The number of carboxylic acids is 1. The SMILES string of the molecule is O=C(O)C=Cc1ccc(I)c(O)c1I. The van der Waals surface area contributed by atoms with Crippen LogP contribution in [-0.2, 0) is 4.79 Å². The highest BCUT2D eigenvalue weighted by molar-refractivity contribution is 14.1. The van der Waals surface area contributed by atoms with Gasteiger partial charge in [0, 0.05) is 6.08 Å². The molecule has 0 heterocycles. The highest BCUT2D eigenvalue weighted by Crippen LogP contribution is 2.29. The second-order valence-electron chi connectivity index (χ2n) is 2.47. The smallest absolute Gasteiger partial charge is 0.328 e. The van der Waals surface area contributed by atoms with Gasteiger partial charge >= 0.3 is 5.97 Å². The fraction of sp³-hybridized carbons (Fsp3) is 0. The van der Waals surface area contributed by atoms with Crippen LogP contribution in [-0.4, -0.2) is 16.2 Å². The summed E-state index contributed by atoms with van der Waals surface area (Å²) in [6, 6.07) is 3.50. The van der Waals surface area contributed by atoms with E-state index in [0.717, 1.165) is 9.65 Å². The summed E-state index contributed by atoms with van der Waals surface area (Å²) in [5.41, 5.74) is 0.700. The Morgan fingerprint density at radius 2 is 2.00 bits per heavy atom. The van der Waals surface area contributed by atoms with Gasteiger partial charge in [-0.15, -0.1) is 0 Å². The minimum absolute atomic E-state index is 0.193. The molecular weight excluding hydrogens is 410 g/mol. The van der Waals surface area contributed by atoms with Crippen LogP contribution < -0.4 is 0 Å². The number of hydrogen-bond acceptors (Lipinski definition) is 2. The molecule has 0 unspecified atom stereocenters. The van der Waals surface area contributed by atoms with E-state index in [1.807, 2.05) is 45.2 Å². The lowest BCUT2D eigenvalue weighted by Gasteiger charge is -2.03. The van der Waals surface area contributed by atoms with Crippen LogP contribution in [0.15, 0.2) is 18.2 Å². The lowest BCUT2D eigenvalue weighted by Crippen LogP contribution is -1.88. The molecule has 0 radical (unpaired) electrons. The van der Waals surface area contributed by atoms with E-state index in [4.69, 9.17) is 5.11 Å². The summed E-state index contributed by atoms with van der Waals surface area (Å²) in [4.78, 5) is 10.3. The van der Waals surface area contributed by atoms with Crippen molar-refractivity contribution in [1.82, 2.24) is 0 Å². The lowest BCUT2D eigenvalue weighted by molar-refractivity contribution is -0.131. The normalized spacial score (nSPS) is 10.7. The molecule has 0 aromatic heterocycles. The van der Waals surface area contributed by atoms with E-state index >= 15 is 0 Å². The van der Waals surface area contributed by atoms with Crippen LogP contribution in [0.4, 0.5) is 0 Å². The fourth-order valence-electron chi connectivity index (χ4n) is 0.846. The quantitative estimate of drug-likeness (QED) is 0.576. The Labute approximate surface area is 108 Å². The van der Waals surface area contributed by atoms with Crippen LogP contribution in [0.25, 0.3) is 6.08 Å². The summed E-state index contributed by atoms with van der Waals surface area (Å²) in [5, 5.41) is 18.0. The van der Waals surface area contributed by atoms with Gasteiger partial charge in [-0.1, -0.05) is 6.07 Å². The second-order valence-corrected chi connectivity index (χ2v) is 4.71. The van der Waals surface area contributed by atoms with Crippen LogP contribution in [0.1, 0.15) is 5.56 Å². The molecule has 0 amide bonds. The number of aromatic hydroxyl groups is 1. The monoisotopic (exact) mass is 416 g/mol. The fourth-order valence-corrected chi connectivity index (χ4v) is 2.46. The molecule has 0 saturated heterocycles. The summed E-state index contributed by atoms with van der Waals surface area (Å²) in [6.07, 6.45) is 2.50. The number of benzene rings is 1. The van der Waals surface area contributed by atoms with E-state index in [2.05, 4.69) is 0 Å². The number of aliphatic carboxylic acids is 1. The van der Waals surface area contributed by atoms with Crippen molar-refractivity contribution in [2.24, 2.45) is 0 Å². The maximum absolute atomic E-state index is 10.3. The van der Waals surface area contributed by atoms with Gasteiger partial charge in [-0.2, -0.15) is 0 Å². The predicted molar refractivity (Wildman–Crippen MR) is 70.2 cm³/mol. The number of phenols is 1. The average molecular weight is 416 g/mol. The third kappa shape index (κ3) is 2.84. The molecule has 0 bridgehead atoms. The van der Waals surface area contributed by atoms with Crippen LogP contribution >= 0.6 is 45.2 Å². The Morgan fingerprint density at radius 1 is 1.36 bits per heavy atom. The van der Waals surface area contributed by atoms with Gasteiger partial charge in [0.1, 0.15) is 5.75 Å². The van der Waals surface area contributed by atoms with Gasteiger partial charge in [0.05, 0.1) is 7.14 Å². The molecule has 3 nitrogen and oxygen atoms in total. The Bertz CT molecular complexity index is 399. The van der Waals surface area contributed by atoms with Gasteiger partial charge in [0.25, 0.3) is 0 Å². The van der Waals surface area contributed by atoms with E-state index in [1.54, 1.807) is 12.1 Å². The molecule has 0 spiro atoms. The maximum Gasteiger partial charge on any atom is 0.328 e. The van der Waals surface area contributed by atoms with Crippen molar-refractivity contribution < 1.29 is 15.0 Å². The first-order valence-corrected chi connectivity index (χ1v) is 5.76. The molecule has 2 N–H and O–H groups in total. The van der Waals surface area contributed by atoms with E-state index in [-0.39, 0.29) is 5.75 Å². The molecule has 0 aliphatic rings. The molecule has 0 aliphatic heterocycles. The largest absolute Gasteiger partial charge is 0.506 e. The third-order valence-electron chi connectivity index (χ3n) is 1.50. The topological polar surface area (TPSA) is 57.5 Å². The standard InChI is InChI=1S/C9H6I2O3/c10-6-3-1-5(2-4-7(12)13)8(11)9(6)14/h1-4,14H,(H,12,13). The van der Waals surface area contributed by atoms with Gasteiger partial charge < -0.3 is 10.2 Å². The van der Waals surface area contributed by atoms with E-state index < -0.39 is 5.97 Å². The molecule has 1 aromatic carbocycles. The summed E-state index contributed by atoms with van der Waals surface area (Å²) < 4.78 is 1.41. The van der Waals surface area contributed by atoms with Gasteiger partial charge in [-0.3, -0.25) is 0 Å². The molecule has 14 heavy (non-hydrogen) atoms. The summed E-state index contributed by atoms with van der Waals surface area (Å²) in [7, 11) is 0. The van der Waals surface area contributed by atoms with Gasteiger partial charge in [0.2, 0.25) is 0 Å². The van der Waals surface area contributed by atoms with Gasteiger partial charge in [0.15, 0.2) is 0 Å². The third-order valence-corrected chi connectivity index (χ3v) is 3.51. The van der Waals surface area contributed by atoms with Crippen molar-refractivity contribution in [3.05, 3.63) is 30.9 Å². The lowest BCUT2D eigenvalue weighted by atomic mass is 10.2. The van der Waals surface area contributed by atoms with E-state index in [0.29, 0.717) is 9.13 Å². The van der Waals surface area contributed by atoms with Gasteiger partial charge in [-0.25, -0.2) is 4.79 Å². The molecule has 1 aromatic rings. The zero-order valence-electron chi connectivity index (χ0n) is 6.87. The molecule has 0 atom stereocenters. The maximum atomic E-state index is 10.3. The highest BCUT2D eigenvalue weighted by Gasteiger charge is 2.06. The molecule has 1 rings (SSSR count). The van der Waals surface area contributed by atoms with Crippen LogP contribution in [0, 0.1) is 7.14 Å². The number of rotatable bonds is 2. The summed E-state index contributed by atoms with van der Waals surface area (Å²) in [6.45, 7) is 0. The van der Waals surface area contributed by atoms with Crippen molar-refractivity contribution in [3.8, 4) is 5.75 Å². The molecule has 0 saturated carbocycles. The molecule has 74 valence electrons. The Hall–Kier alpha value is -0.310. The van der Waals surface area contributed by atoms with Crippen molar-refractivity contribution >= 4 is 57.2 Å². The van der Waals surface area contributed by atoms with Crippen LogP contribution in [0.5, 0.6) is 5.75 Å². The summed E-state index contributed by atoms with van der Waals surface area (Å²) >= 11 is 3.99. The van der Waals surface area contributed by atoms with E-state index in [9.17, 15) is 9.90 Å². The number of hydrogen-bond donors (Lipinski definition) is 2. The Kier molecular flexibility index (Phi) is 4.17. The first-order chi connectivity index (χ1) is 6.52. The molecular formula is C9H6I2O3. The van der Waals surface area contributed by atoms with Crippen molar-refractivity contribution in [1.29, 1.82) is 0 Å². The van der Waals surface area contributed by atoms with Crippen molar-refractivity contribution in [3.63, 3.8) is 0 Å². The Balaban J connectivity index is 3.12. The number of carbonyl (C=O) groups is 1. The van der Waals surface area contributed by atoms with Gasteiger partial charge in [-0.05, 0) is 62.9 Å². The highest BCUT2D eigenvalue weighted by atomic mass is 127. The van der Waals surface area contributed by atoms with Crippen LogP contribution in [0.3, 0.4) is 0 Å². The number of carboxylic acid groups (broad SMARTS) is 1. The second kappa shape index (κ2) is 4.96. The zero-order chi connectivity index (χ0) is 10.7. The summed E-state index contributed by atoms with van der Waals surface area (Å²) in [5.74, 6) is -0.808.